The third kappa shape index (κ3) is 3.59. The Hall–Kier alpha value is -3.53. The van der Waals surface area contributed by atoms with Gasteiger partial charge < -0.3 is 14.5 Å². The molecule has 0 aliphatic rings. The molecule has 1 aromatic carbocycles. The van der Waals surface area contributed by atoms with E-state index in [1.807, 2.05) is 38.1 Å². The second kappa shape index (κ2) is 7.15. The van der Waals surface area contributed by atoms with Gasteiger partial charge in [0.1, 0.15) is 35.6 Å². The SMILES string of the molecule is Cc1ccc(OCc2ccc(C(=O)Nc3c(C#N)cnn3C)o2)cc1C. The number of hydrogen-bond acceptors (Lipinski definition) is 5. The summed E-state index contributed by atoms with van der Waals surface area (Å²) in [4.78, 5) is 12.3. The van der Waals surface area contributed by atoms with E-state index in [-0.39, 0.29) is 17.9 Å². The summed E-state index contributed by atoms with van der Waals surface area (Å²) in [5.41, 5.74) is 2.62. The van der Waals surface area contributed by atoms with Crippen molar-refractivity contribution in [3.63, 3.8) is 0 Å². The van der Waals surface area contributed by atoms with Gasteiger partial charge in [-0.1, -0.05) is 6.07 Å². The third-order valence-electron chi connectivity index (χ3n) is 4.04. The molecule has 0 aliphatic heterocycles. The molecule has 2 aromatic heterocycles. The molecular weight excluding hydrogens is 332 g/mol. The lowest BCUT2D eigenvalue weighted by atomic mass is 10.1. The summed E-state index contributed by atoms with van der Waals surface area (Å²) in [6, 6.07) is 11.1. The summed E-state index contributed by atoms with van der Waals surface area (Å²) in [6.07, 6.45) is 1.39. The molecule has 0 aliphatic carbocycles. The van der Waals surface area contributed by atoms with Crippen molar-refractivity contribution in [2.45, 2.75) is 20.5 Å². The fraction of sp³-hybridized carbons (Fsp3) is 0.211. The van der Waals surface area contributed by atoms with Gasteiger partial charge >= 0.3 is 0 Å². The second-order valence-corrected chi connectivity index (χ2v) is 5.90. The van der Waals surface area contributed by atoms with E-state index in [9.17, 15) is 4.79 Å². The van der Waals surface area contributed by atoms with Gasteiger partial charge in [0.25, 0.3) is 5.91 Å². The fourth-order valence-corrected chi connectivity index (χ4v) is 2.37. The Bertz CT molecular complexity index is 995. The summed E-state index contributed by atoms with van der Waals surface area (Å²) >= 11 is 0. The number of carbonyl (C=O) groups excluding carboxylic acids is 1. The van der Waals surface area contributed by atoms with E-state index in [0.717, 1.165) is 11.3 Å². The van der Waals surface area contributed by atoms with Gasteiger partial charge in [-0.3, -0.25) is 9.48 Å². The zero-order valence-electron chi connectivity index (χ0n) is 14.7. The van der Waals surface area contributed by atoms with Crippen LogP contribution in [0.25, 0.3) is 0 Å². The zero-order valence-corrected chi connectivity index (χ0v) is 14.7. The van der Waals surface area contributed by atoms with Gasteiger partial charge in [-0.2, -0.15) is 10.4 Å². The molecule has 26 heavy (non-hydrogen) atoms. The molecule has 2 heterocycles. The van der Waals surface area contributed by atoms with Crippen molar-refractivity contribution >= 4 is 11.7 Å². The molecule has 3 aromatic rings. The summed E-state index contributed by atoms with van der Waals surface area (Å²) in [5, 5.41) is 15.6. The lowest BCUT2D eigenvalue weighted by Crippen LogP contribution is -2.14. The van der Waals surface area contributed by atoms with Gasteiger partial charge in [0.05, 0.1) is 6.20 Å². The number of aryl methyl sites for hydroxylation is 3. The van der Waals surface area contributed by atoms with Crippen molar-refractivity contribution in [1.82, 2.24) is 9.78 Å². The first kappa shape index (κ1) is 17.3. The molecule has 0 saturated carbocycles. The van der Waals surface area contributed by atoms with Gasteiger partial charge in [-0.15, -0.1) is 0 Å². The predicted octanol–water partition coefficient (Wildman–Crippen LogP) is 3.33. The van der Waals surface area contributed by atoms with Crippen LogP contribution >= 0.6 is 0 Å². The Morgan fingerprint density at radius 2 is 2.12 bits per heavy atom. The largest absolute Gasteiger partial charge is 0.486 e. The lowest BCUT2D eigenvalue weighted by molar-refractivity contribution is 0.0991. The van der Waals surface area contributed by atoms with Crippen molar-refractivity contribution in [2.24, 2.45) is 7.05 Å². The average Bonchev–Trinajstić information content (AvgIpc) is 3.23. The first-order chi connectivity index (χ1) is 12.5. The second-order valence-electron chi connectivity index (χ2n) is 5.90. The van der Waals surface area contributed by atoms with Gasteiger partial charge in [0, 0.05) is 7.05 Å². The predicted molar refractivity (Wildman–Crippen MR) is 94.8 cm³/mol. The van der Waals surface area contributed by atoms with E-state index in [2.05, 4.69) is 10.4 Å². The van der Waals surface area contributed by atoms with Crippen molar-refractivity contribution < 1.29 is 13.9 Å². The molecule has 1 amide bonds. The number of carbonyl (C=O) groups is 1. The molecule has 0 radical (unpaired) electrons. The van der Waals surface area contributed by atoms with Crippen molar-refractivity contribution in [2.75, 3.05) is 5.32 Å². The Balaban J connectivity index is 1.65. The molecule has 7 nitrogen and oxygen atoms in total. The van der Waals surface area contributed by atoms with E-state index in [1.54, 1.807) is 19.2 Å². The quantitative estimate of drug-likeness (QED) is 0.762. The molecule has 0 bridgehead atoms. The Kier molecular flexibility index (Phi) is 4.76. The minimum Gasteiger partial charge on any atom is -0.486 e. The Labute approximate surface area is 150 Å². The number of rotatable bonds is 5. The maximum absolute atomic E-state index is 12.3. The van der Waals surface area contributed by atoms with Gasteiger partial charge in [-0.25, -0.2) is 0 Å². The zero-order chi connectivity index (χ0) is 18.7. The van der Waals surface area contributed by atoms with Gasteiger partial charge in [0.15, 0.2) is 5.76 Å². The number of anilines is 1. The highest BCUT2D eigenvalue weighted by Crippen LogP contribution is 2.19. The normalized spacial score (nSPS) is 10.4. The van der Waals surface area contributed by atoms with E-state index in [1.165, 1.54) is 16.4 Å². The van der Waals surface area contributed by atoms with Crippen LogP contribution in [0.15, 0.2) is 40.9 Å². The van der Waals surface area contributed by atoms with Crippen LogP contribution in [-0.2, 0) is 13.7 Å². The highest BCUT2D eigenvalue weighted by Gasteiger charge is 2.16. The van der Waals surface area contributed by atoms with Gasteiger partial charge in [0.2, 0.25) is 0 Å². The lowest BCUT2D eigenvalue weighted by Gasteiger charge is -2.07. The summed E-state index contributed by atoms with van der Waals surface area (Å²) in [6.45, 7) is 4.27. The van der Waals surface area contributed by atoms with Crippen molar-refractivity contribution in [1.29, 1.82) is 5.26 Å². The monoisotopic (exact) mass is 350 g/mol. The van der Waals surface area contributed by atoms with Crippen LogP contribution in [0.4, 0.5) is 5.82 Å². The summed E-state index contributed by atoms with van der Waals surface area (Å²) in [5.74, 6) is 1.26. The van der Waals surface area contributed by atoms with Crippen LogP contribution in [0, 0.1) is 25.2 Å². The smallest absolute Gasteiger partial charge is 0.292 e. The molecule has 3 rings (SSSR count). The molecule has 7 heteroatoms. The molecule has 1 N–H and O–H groups in total. The molecule has 0 unspecified atom stereocenters. The van der Waals surface area contributed by atoms with Gasteiger partial charge in [-0.05, 0) is 49.2 Å². The average molecular weight is 350 g/mol. The number of hydrogen-bond donors (Lipinski definition) is 1. The van der Waals surface area contributed by atoms with Crippen LogP contribution in [0.5, 0.6) is 5.75 Å². The van der Waals surface area contributed by atoms with Crippen LogP contribution in [0.1, 0.15) is 33.0 Å². The fourth-order valence-electron chi connectivity index (χ4n) is 2.37. The number of nitrogens with one attached hydrogen (secondary N) is 1. The number of furan rings is 1. The number of ether oxygens (including phenoxy) is 1. The van der Waals surface area contributed by atoms with Crippen LogP contribution in [0.3, 0.4) is 0 Å². The maximum Gasteiger partial charge on any atom is 0.292 e. The standard InChI is InChI=1S/C19H18N4O3/c1-12-4-5-15(8-13(12)2)25-11-16-6-7-17(26-16)19(24)22-18-14(9-20)10-21-23(18)3/h4-8,10H,11H2,1-3H3,(H,22,24). The topological polar surface area (TPSA) is 93.1 Å². The molecular formula is C19H18N4O3. The number of nitrogens with zero attached hydrogens (tertiary/aromatic N) is 3. The van der Waals surface area contributed by atoms with Crippen molar-refractivity contribution in [3.05, 3.63) is 64.7 Å². The highest BCUT2D eigenvalue weighted by molar-refractivity contribution is 6.02. The first-order valence-corrected chi connectivity index (χ1v) is 8.00. The van der Waals surface area contributed by atoms with Crippen LogP contribution in [-0.4, -0.2) is 15.7 Å². The first-order valence-electron chi connectivity index (χ1n) is 8.00. The molecule has 132 valence electrons. The Morgan fingerprint density at radius 1 is 1.31 bits per heavy atom. The van der Waals surface area contributed by atoms with Crippen LogP contribution < -0.4 is 10.1 Å². The molecule has 0 spiro atoms. The number of nitriles is 1. The van der Waals surface area contributed by atoms with Crippen LogP contribution in [0.2, 0.25) is 0 Å². The van der Waals surface area contributed by atoms with E-state index >= 15 is 0 Å². The van der Waals surface area contributed by atoms with E-state index in [4.69, 9.17) is 14.4 Å². The minimum atomic E-state index is -0.456. The minimum absolute atomic E-state index is 0.133. The maximum atomic E-state index is 12.3. The number of aromatic nitrogens is 2. The summed E-state index contributed by atoms with van der Waals surface area (Å²) in [7, 11) is 1.64. The molecule has 0 fully saturated rings. The highest BCUT2D eigenvalue weighted by atomic mass is 16.5. The third-order valence-corrected chi connectivity index (χ3v) is 4.04. The van der Waals surface area contributed by atoms with E-state index in [0.29, 0.717) is 11.6 Å². The molecule has 0 atom stereocenters. The number of amides is 1. The summed E-state index contributed by atoms with van der Waals surface area (Å²) < 4.78 is 12.7. The number of benzene rings is 1. The Morgan fingerprint density at radius 3 is 2.85 bits per heavy atom. The molecule has 0 saturated heterocycles. The van der Waals surface area contributed by atoms with E-state index < -0.39 is 5.91 Å². The van der Waals surface area contributed by atoms with Crippen molar-refractivity contribution in [3.8, 4) is 11.8 Å².